The van der Waals surface area contributed by atoms with Gasteiger partial charge in [0.1, 0.15) is 30.2 Å². The Balaban J connectivity index is 1.93. The lowest BCUT2D eigenvalue weighted by atomic mass is 9.99. The summed E-state index contributed by atoms with van der Waals surface area (Å²) in [6, 6.07) is 11.3. The highest BCUT2D eigenvalue weighted by atomic mass is 79.9. The second kappa shape index (κ2) is 6.72. The molecule has 2 aromatic rings. The summed E-state index contributed by atoms with van der Waals surface area (Å²) in [5.41, 5.74) is 0. The van der Waals surface area contributed by atoms with Crippen molar-refractivity contribution < 1.29 is 29.9 Å². The van der Waals surface area contributed by atoms with Gasteiger partial charge in [-0.25, -0.2) is 0 Å². The van der Waals surface area contributed by atoms with Crippen LogP contribution in [0.1, 0.15) is 0 Å². The molecule has 0 saturated carbocycles. The van der Waals surface area contributed by atoms with Crippen molar-refractivity contribution in [3.8, 4) is 5.75 Å². The highest BCUT2D eigenvalue weighted by Gasteiger charge is 2.44. The summed E-state index contributed by atoms with van der Waals surface area (Å²) in [7, 11) is 0. The first kappa shape index (κ1) is 16.6. The molecule has 23 heavy (non-hydrogen) atoms. The lowest BCUT2D eigenvalue weighted by Crippen LogP contribution is -2.60. The number of hydrogen-bond donors (Lipinski definition) is 4. The number of hydrogen-bond acceptors (Lipinski definition) is 6. The zero-order chi connectivity index (χ0) is 16.6. The van der Waals surface area contributed by atoms with Gasteiger partial charge in [-0.15, -0.1) is 0 Å². The van der Waals surface area contributed by atoms with Crippen molar-refractivity contribution in [1.82, 2.24) is 0 Å². The quantitative estimate of drug-likeness (QED) is 0.624. The maximum Gasteiger partial charge on any atom is 0.229 e. The van der Waals surface area contributed by atoms with Crippen LogP contribution in [0.4, 0.5) is 0 Å². The van der Waals surface area contributed by atoms with Crippen LogP contribution < -0.4 is 4.74 Å². The minimum absolute atomic E-state index is 0.451. The molecular weight excluding hydrogens is 368 g/mol. The summed E-state index contributed by atoms with van der Waals surface area (Å²) in [5, 5.41) is 40.7. The SMILES string of the molecule is OC[C@H]1OC(Oc2c(Br)ccc3ccccc23)[C@H](O)[C@@H](O)[C@H]1O. The fourth-order valence-corrected chi connectivity index (χ4v) is 3.06. The average Bonchev–Trinajstić information content (AvgIpc) is 2.57. The predicted octanol–water partition coefficient (Wildman–Crippen LogP) is 0.781. The van der Waals surface area contributed by atoms with Crippen LogP contribution in [0.5, 0.6) is 5.75 Å². The van der Waals surface area contributed by atoms with E-state index < -0.39 is 37.3 Å². The van der Waals surface area contributed by atoms with Gasteiger partial charge in [0.15, 0.2) is 0 Å². The standard InChI is InChI=1S/C16H17BrO6/c17-10-6-5-8-3-1-2-4-9(8)15(10)23-16-14(21)13(20)12(19)11(7-18)22-16/h1-6,11-14,16,18-21H,7H2/t11-,12+,13+,14-,16?/m1/s1. The molecule has 0 aromatic heterocycles. The Bertz CT molecular complexity index is 691. The topological polar surface area (TPSA) is 99.4 Å². The molecule has 1 aliphatic rings. The molecule has 0 aliphatic carbocycles. The summed E-state index contributed by atoms with van der Waals surface area (Å²) in [4.78, 5) is 0. The number of rotatable bonds is 3. The molecule has 0 amide bonds. The molecule has 4 N–H and O–H groups in total. The third-order valence-corrected chi connectivity index (χ3v) is 4.54. The van der Waals surface area contributed by atoms with Crippen molar-refractivity contribution in [2.45, 2.75) is 30.7 Å². The van der Waals surface area contributed by atoms with Gasteiger partial charge < -0.3 is 29.9 Å². The summed E-state index contributed by atoms with van der Waals surface area (Å²) >= 11 is 3.40. The second-order valence-electron chi connectivity index (χ2n) is 5.41. The largest absolute Gasteiger partial charge is 0.460 e. The van der Waals surface area contributed by atoms with Gasteiger partial charge in [-0.05, 0) is 27.4 Å². The van der Waals surface area contributed by atoms with Crippen LogP contribution in [0.3, 0.4) is 0 Å². The number of ether oxygens (including phenoxy) is 2. The van der Waals surface area contributed by atoms with Crippen molar-refractivity contribution in [3.05, 3.63) is 40.9 Å². The van der Waals surface area contributed by atoms with E-state index >= 15 is 0 Å². The highest BCUT2D eigenvalue weighted by Crippen LogP contribution is 2.36. The number of aliphatic hydroxyl groups excluding tert-OH is 4. The van der Waals surface area contributed by atoms with E-state index in [-0.39, 0.29) is 0 Å². The van der Waals surface area contributed by atoms with E-state index in [2.05, 4.69) is 15.9 Å². The van der Waals surface area contributed by atoms with Crippen LogP contribution >= 0.6 is 15.9 Å². The molecule has 3 rings (SSSR count). The van der Waals surface area contributed by atoms with Gasteiger partial charge in [0.25, 0.3) is 0 Å². The van der Waals surface area contributed by atoms with E-state index in [1.54, 1.807) is 0 Å². The molecule has 124 valence electrons. The van der Waals surface area contributed by atoms with Crippen LogP contribution in [0.2, 0.25) is 0 Å². The Hall–Kier alpha value is -1.22. The number of fused-ring (bicyclic) bond motifs is 1. The van der Waals surface area contributed by atoms with Gasteiger partial charge in [0.05, 0.1) is 11.1 Å². The Kier molecular flexibility index (Phi) is 4.86. The van der Waals surface area contributed by atoms with E-state index in [4.69, 9.17) is 9.47 Å². The maximum atomic E-state index is 10.1. The van der Waals surface area contributed by atoms with Gasteiger partial charge in [-0.2, -0.15) is 0 Å². The highest BCUT2D eigenvalue weighted by molar-refractivity contribution is 9.10. The third kappa shape index (κ3) is 3.08. The van der Waals surface area contributed by atoms with Crippen LogP contribution in [0.25, 0.3) is 10.8 Å². The lowest BCUT2D eigenvalue weighted by Gasteiger charge is -2.39. The summed E-state index contributed by atoms with van der Waals surface area (Å²) in [6.07, 6.45) is -6.55. The number of aliphatic hydroxyl groups is 4. The minimum Gasteiger partial charge on any atom is -0.460 e. The molecule has 5 atom stereocenters. The van der Waals surface area contributed by atoms with E-state index in [0.29, 0.717) is 10.2 Å². The van der Waals surface area contributed by atoms with Gasteiger partial charge in [0.2, 0.25) is 6.29 Å². The summed E-state index contributed by atoms with van der Waals surface area (Å²) in [5.74, 6) is 0.451. The van der Waals surface area contributed by atoms with Gasteiger partial charge >= 0.3 is 0 Å². The van der Waals surface area contributed by atoms with Crippen molar-refractivity contribution in [1.29, 1.82) is 0 Å². The molecule has 7 heteroatoms. The van der Waals surface area contributed by atoms with Gasteiger partial charge in [0, 0.05) is 5.39 Å². The Morgan fingerprint density at radius 2 is 1.74 bits per heavy atom. The fourth-order valence-electron chi connectivity index (χ4n) is 2.62. The van der Waals surface area contributed by atoms with Crippen molar-refractivity contribution >= 4 is 26.7 Å². The third-order valence-electron chi connectivity index (χ3n) is 3.91. The van der Waals surface area contributed by atoms with Crippen LogP contribution in [0.15, 0.2) is 40.9 Å². The lowest BCUT2D eigenvalue weighted by molar-refractivity contribution is -0.277. The van der Waals surface area contributed by atoms with E-state index in [1.165, 1.54) is 0 Å². The molecule has 1 saturated heterocycles. The second-order valence-corrected chi connectivity index (χ2v) is 6.27. The van der Waals surface area contributed by atoms with Gasteiger partial charge in [-0.3, -0.25) is 0 Å². The number of halogens is 1. The molecule has 1 unspecified atom stereocenters. The maximum absolute atomic E-state index is 10.1. The van der Waals surface area contributed by atoms with Crippen molar-refractivity contribution in [2.75, 3.05) is 6.61 Å². The Morgan fingerprint density at radius 3 is 2.48 bits per heavy atom. The minimum atomic E-state index is -1.47. The smallest absolute Gasteiger partial charge is 0.229 e. The van der Waals surface area contributed by atoms with Gasteiger partial charge in [-0.1, -0.05) is 30.3 Å². The fraction of sp³-hybridized carbons (Fsp3) is 0.375. The molecule has 1 fully saturated rings. The van der Waals surface area contributed by atoms with Crippen LogP contribution in [-0.4, -0.2) is 57.7 Å². The molecular formula is C16H17BrO6. The van der Waals surface area contributed by atoms with E-state index in [0.717, 1.165) is 10.8 Å². The average molecular weight is 385 g/mol. The van der Waals surface area contributed by atoms with Crippen molar-refractivity contribution in [2.24, 2.45) is 0 Å². The van der Waals surface area contributed by atoms with Crippen LogP contribution in [-0.2, 0) is 4.74 Å². The normalized spacial score (nSPS) is 31.3. The molecule has 0 radical (unpaired) electrons. The first-order valence-electron chi connectivity index (χ1n) is 7.17. The first-order chi connectivity index (χ1) is 11.0. The summed E-state index contributed by atoms with van der Waals surface area (Å²) < 4.78 is 11.8. The molecule has 0 bridgehead atoms. The molecule has 1 aliphatic heterocycles. The van der Waals surface area contributed by atoms with Crippen LogP contribution in [0, 0.1) is 0 Å². The molecule has 1 heterocycles. The molecule has 6 nitrogen and oxygen atoms in total. The monoisotopic (exact) mass is 384 g/mol. The Labute approximate surface area is 141 Å². The predicted molar refractivity (Wildman–Crippen MR) is 86.0 cm³/mol. The zero-order valence-corrected chi connectivity index (χ0v) is 13.6. The van der Waals surface area contributed by atoms with E-state index in [9.17, 15) is 20.4 Å². The number of benzene rings is 2. The Morgan fingerprint density at radius 1 is 1.00 bits per heavy atom. The first-order valence-corrected chi connectivity index (χ1v) is 7.96. The molecule has 0 spiro atoms. The summed E-state index contributed by atoms with van der Waals surface area (Å²) in [6.45, 7) is -0.498. The zero-order valence-electron chi connectivity index (χ0n) is 12.0. The van der Waals surface area contributed by atoms with Crippen molar-refractivity contribution in [3.63, 3.8) is 0 Å². The van der Waals surface area contributed by atoms with E-state index in [1.807, 2.05) is 36.4 Å². The molecule has 2 aromatic carbocycles.